The first-order valence-electron chi connectivity index (χ1n) is 7.36. The molecule has 0 aliphatic heterocycles. The Hall–Kier alpha value is -2.45. The van der Waals surface area contributed by atoms with Gasteiger partial charge in [-0.05, 0) is 37.1 Å². The molecule has 2 nitrogen and oxygen atoms in total. The van der Waals surface area contributed by atoms with Crippen LogP contribution in [-0.4, -0.2) is 9.97 Å². The molecule has 0 aromatic carbocycles. The zero-order valence-electron chi connectivity index (χ0n) is 13.4. The molecule has 0 unspecified atom stereocenters. The summed E-state index contributed by atoms with van der Waals surface area (Å²) < 4.78 is 0. The number of nitrogens with zero attached hydrogens (tertiary/aromatic N) is 2. The molecule has 0 spiro atoms. The van der Waals surface area contributed by atoms with Gasteiger partial charge in [0.1, 0.15) is 5.15 Å². The first-order chi connectivity index (χ1) is 11.2. The first-order valence-corrected chi connectivity index (χ1v) is 7.74. The fraction of sp³-hybridized carbons (Fsp3) is 0.100. The molecule has 0 atom stereocenters. The molecule has 0 N–H and O–H groups in total. The van der Waals surface area contributed by atoms with Crippen LogP contribution in [0.5, 0.6) is 0 Å². The van der Waals surface area contributed by atoms with Crippen molar-refractivity contribution in [1.29, 1.82) is 0 Å². The predicted octanol–water partition coefficient (Wildman–Crippen LogP) is 6.02. The maximum absolute atomic E-state index is 6.24. The van der Waals surface area contributed by atoms with Crippen LogP contribution in [0.25, 0.3) is 22.0 Å². The van der Waals surface area contributed by atoms with Crippen molar-refractivity contribution in [2.24, 2.45) is 0 Å². The van der Waals surface area contributed by atoms with Crippen molar-refractivity contribution in [1.82, 2.24) is 9.97 Å². The maximum Gasteiger partial charge on any atom is 0.138 e. The normalized spacial score (nSPS) is 12.8. The van der Waals surface area contributed by atoms with Crippen LogP contribution in [0.4, 0.5) is 0 Å². The number of aromatic nitrogens is 2. The van der Waals surface area contributed by atoms with Crippen LogP contribution in [0, 0.1) is 0 Å². The lowest BCUT2D eigenvalue weighted by atomic mass is 9.97. The first kappa shape index (κ1) is 16.9. The van der Waals surface area contributed by atoms with Gasteiger partial charge in [0, 0.05) is 17.1 Å². The van der Waals surface area contributed by atoms with E-state index < -0.39 is 0 Å². The van der Waals surface area contributed by atoms with Gasteiger partial charge in [-0.25, -0.2) is 9.97 Å². The largest absolute Gasteiger partial charge is 0.247 e. The number of hydrogen-bond acceptors (Lipinski definition) is 2. The van der Waals surface area contributed by atoms with Crippen molar-refractivity contribution in [3.8, 4) is 0 Å². The molecule has 0 amide bonds. The van der Waals surface area contributed by atoms with Crippen LogP contribution in [0.15, 0.2) is 67.9 Å². The fourth-order valence-corrected chi connectivity index (χ4v) is 2.60. The zero-order valence-corrected chi connectivity index (χ0v) is 14.1. The fourth-order valence-electron chi connectivity index (χ4n) is 2.39. The number of hydrogen-bond donors (Lipinski definition) is 0. The molecule has 0 saturated heterocycles. The smallest absolute Gasteiger partial charge is 0.138 e. The molecule has 23 heavy (non-hydrogen) atoms. The molecule has 2 rings (SSSR count). The van der Waals surface area contributed by atoms with E-state index in [1.165, 1.54) is 0 Å². The molecule has 3 heteroatoms. The molecule has 2 aromatic heterocycles. The summed E-state index contributed by atoms with van der Waals surface area (Å²) in [5, 5.41) is 1.26. The van der Waals surface area contributed by atoms with E-state index in [0.29, 0.717) is 5.15 Å². The van der Waals surface area contributed by atoms with Crippen LogP contribution in [-0.2, 0) is 0 Å². The Morgan fingerprint density at radius 1 is 1.22 bits per heavy atom. The van der Waals surface area contributed by atoms with Crippen molar-refractivity contribution in [3.05, 3.63) is 84.4 Å². The Morgan fingerprint density at radius 2 is 2.00 bits per heavy atom. The molecule has 2 heterocycles. The van der Waals surface area contributed by atoms with E-state index >= 15 is 0 Å². The number of halogens is 1. The minimum absolute atomic E-state index is 0.442. The van der Waals surface area contributed by atoms with Crippen LogP contribution >= 0.6 is 11.6 Å². The highest BCUT2D eigenvalue weighted by Crippen LogP contribution is 2.31. The Kier molecular flexibility index (Phi) is 5.67. The van der Waals surface area contributed by atoms with Crippen molar-refractivity contribution < 1.29 is 0 Å². The molecule has 0 bridgehead atoms. The third kappa shape index (κ3) is 3.49. The summed E-state index contributed by atoms with van der Waals surface area (Å²) in [4.78, 5) is 8.95. The van der Waals surface area contributed by atoms with Crippen LogP contribution < -0.4 is 0 Å². The lowest BCUT2D eigenvalue weighted by Gasteiger charge is -2.13. The Morgan fingerprint density at radius 3 is 2.61 bits per heavy atom. The van der Waals surface area contributed by atoms with Crippen molar-refractivity contribution >= 4 is 33.7 Å². The molecule has 0 fully saturated rings. The standard InChI is InChI=1S/C20H19ClN2/c1-5-9-14(7-3)16-13-17-18(11-12-22-20(17)21)23-19(16)15(8-4)10-6-2/h5-13H,1,3H2,2,4H3. The van der Waals surface area contributed by atoms with Gasteiger partial charge < -0.3 is 0 Å². The molecule has 0 saturated carbocycles. The average molecular weight is 323 g/mol. The number of allylic oxidation sites excluding steroid dienone is 8. The molecule has 116 valence electrons. The average Bonchev–Trinajstić information content (AvgIpc) is 2.57. The minimum Gasteiger partial charge on any atom is -0.247 e. The second kappa shape index (κ2) is 7.70. The van der Waals surface area contributed by atoms with Gasteiger partial charge in [-0.15, -0.1) is 0 Å². The van der Waals surface area contributed by atoms with Crippen molar-refractivity contribution in [2.75, 3.05) is 0 Å². The third-order valence-electron chi connectivity index (χ3n) is 3.45. The predicted molar refractivity (Wildman–Crippen MR) is 101 cm³/mol. The highest BCUT2D eigenvalue weighted by molar-refractivity contribution is 6.34. The van der Waals surface area contributed by atoms with Crippen LogP contribution in [0.3, 0.4) is 0 Å². The second-order valence-electron chi connectivity index (χ2n) is 4.86. The van der Waals surface area contributed by atoms with E-state index in [0.717, 1.165) is 33.3 Å². The quantitative estimate of drug-likeness (QED) is 0.497. The van der Waals surface area contributed by atoms with E-state index in [9.17, 15) is 0 Å². The maximum atomic E-state index is 6.24. The Labute approximate surface area is 142 Å². The molecule has 2 aromatic rings. The van der Waals surface area contributed by atoms with Crippen molar-refractivity contribution in [2.45, 2.75) is 13.8 Å². The summed E-state index contributed by atoms with van der Waals surface area (Å²) in [6.45, 7) is 11.7. The van der Waals surface area contributed by atoms with Crippen LogP contribution in [0.1, 0.15) is 25.1 Å². The van der Waals surface area contributed by atoms with Gasteiger partial charge in [0.25, 0.3) is 0 Å². The topological polar surface area (TPSA) is 25.8 Å². The molecule has 0 radical (unpaired) electrons. The minimum atomic E-state index is 0.442. The summed E-state index contributed by atoms with van der Waals surface area (Å²) in [6, 6.07) is 3.87. The highest BCUT2D eigenvalue weighted by atomic mass is 35.5. The molecule has 0 aliphatic carbocycles. The van der Waals surface area contributed by atoms with Gasteiger partial charge in [-0.1, -0.05) is 61.2 Å². The number of rotatable bonds is 5. The van der Waals surface area contributed by atoms with Gasteiger partial charge in [-0.2, -0.15) is 0 Å². The van der Waals surface area contributed by atoms with Crippen molar-refractivity contribution in [3.63, 3.8) is 0 Å². The summed E-state index contributed by atoms with van der Waals surface area (Å²) in [7, 11) is 0. The highest BCUT2D eigenvalue weighted by Gasteiger charge is 2.13. The lowest BCUT2D eigenvalue weighted by molar-refractivity contribution is 1.29. The van der Waals surface area contributed by atoms with Gasteiger partial charge in [0.05, 0.1) is 11.2 Å². The molecular weight excluding hydrogens is 304 g/mol. The van der Waals surface area contributed by atoms with E-state index in [1.807, 2.05) is 50.3 Å². The van der Waals surface area contributed by atoms with Crippen LogP contribution in [0.2, 0.25) is 5.15 Å². The second-order valence-corrected chi connectivity index (χ2v) is 5.22. The lowest BCUT2D eigenvalue weighted by Crippen LogP contribution is -1.97. The van der Waals surface area contributed by atoms with E-state index in [-0.39, 0.29) is 0 Å². The summed E-state index contributed by atoms with van der Waals surface area (Å²) >= 11 is 6.24. The van der Waals surface area contributed by atoms with E-state index in [2.05, 4.69) is 18.1 Å². The number of pyridine rings is 2. The summed E-state index contributed by atoms with van der Waals surface area (Å²) in [5.74, 6) is 0. The molecular formula is C20H19ClN2. The SMILES string of the molecule is C=CC=C(C=C)c1cc2c(Cl)nccc2nc1C(C=CC)=CC. The summed E-state index contributed by atoms with van der Waals surface area (Å²) in [6.07, 6.45) is 13.2. The monoisotopic (exact) mass is 322 g/mol. The molecule has 0 aliphatic rings. The van der Waals surface area contributed by atoms with Gasteiger partial charge in [0.15, 0.2) is 0 Å². The van der Waals surface area contributed by atoms with E-state index in [4.69, 9.17) is 16.6 Å². The Bertz CT molecular complexity index is 842. The zero-order chi connectivity index (χ0) is 16.8. The van der Waals surface area contributed by atoms with Gasteiger partial charge in [0.2, 0.25) is 0 Å². The Balaban J connectivity index is 2.89. The third-order valence-corrected chi connectivity index (χ3v) is 3.75. The summed E-state index contributed by atoms with van der Waals surface area (Å²) in [5.41, 5.74) is 4.62. The van der Waals surface area contributed by atoms with Gasteiger partial charge >= 0.3 is 0 Å². The van der Waals surface area contributed by atoms with Gasteiger partial charge in [-0.3, -0.25) is 0 Å². The van der Waals surface area contributed by atoms with E-state index in [1.54, 1.807) is 18.3 Å². The number of fused-ring (bicyclic) bond motifs is 1.